The van der Waals surface area contributed by atoms with Crippen molar-refractivity contribution in [2.45, 2.75) is 37.9 Å². The van der Waals surface area contributed by atoms with Crippen molar-refractivity contribution in [3.8, 4) is 11.5 Å². The van der Waals surface area contributed by atoms with Gasteiger partial charge in [-0.25, -0.2) is 24.9 Å². The van der Waals surface area contributed by atoms with Crippen LogP contribution in [-0.2, 0) is 6.42 Å². The number of nitro groups is 1. The number of carbonyl (C=O) groups is 1. The first-order valence-corrected chi connectivity index (χ1v) is 13.3. The van der Waals surface area contributed by atoms with E-state index in [0.29, 0.717) is 17.8 Å². The van der Waals surface area contributed by atoms with Gasteiger partial charge in [0.05, 0.1) is 9.93 Å². The summed E-state index contributed by atoms with van der Waals surface area (Å²) in [6, 6.07) is 3.50. The lowest BCUT2D eigenvalue weighted by molar-refractivity contribution is -0.385. The van der Waals surface area contributed by atoms with Crippen LogP contribution in [0.1, 0.15) is 43.4 Å². The van der Waals surface area contributed by atoms with Crippen molar-refractivity contribution in [3.05, 3.63) is 91.1 Å². The van der Waals surface area contributed by atoms with E-state index in [0.717, 1.165) is 33.0 Å². The maximum absolute atomic E-state index is 11.2. The van der Waals surface area contributed by atoms with Crippen LogP contribution >= 0.6 is 43.2 Å². The van der Waals surface area contributed by atoms with Gasteiger partial charge in [0, 0.05) is 48.2 Å². The Labute approximate surface area is 228 Å². The second-order valence-electron chi connectivity index (χ2n) is 7.96. The zero-order valence-electron chi connectivity index (χ0n) is 19.9. The average molecular weight is 634 g/mol. The van der Waals surface area contributed by atoms with E-state index < -0.39 is 3.74 Å². The van der Waals surface area contributed by atoms with E-state index in [-0.39, 0.29) is 22.2 Å². The zero-order chi connectivity index (χ0) is 26.4. The summed E-state index contributed by atoms with van der Waals surface area (Å²) < 4.78 is -0.410. The Hall–Kier alpha value is -2.96. The van der Waals surface area contributed by atoms with Crippen molar-refractivity contribution < 1.29 is 9.72 Å². The summed E-state index contributed by atoms with van der Waals surface area (Å²) in [5.74, 6) is 0.661. The molecule has 0 saturated heterocycles. The van der Waals surface area contributed by atoms with Crippen molar-refractivity contribution in [3.63, 3.8) is 0 Å². The molecule has 0 aliphatic rings. The first-order valence-electron chi connectivity index (χ1n) is 10.6. The third-order valence-corrected chi connectivity index (χ3v) is 6.63. The van der Waals surface area contributed by atoms with Crippen LogP contribution in [0.2, 0.25) is 0 Å². The van der Waals surface area contributed by atoms with Gasteiger partial charge in [0.15, 0.2) is 11.6 Å². The van der Waals surface area contributed by atoms with Gasteiger partial charge in [-0.05, 0) is 56.0 Å². The molecule has 12 heteroatoms. The molecule has 3 heterocycles. The SMILES string of the molecule is Cc1cnc(-c2csc(Cc3cc(C)c([N+](=O)[O-])cc3C)n2)nc1.Cc1cnc(C(=O)C(Br)Br)nc1. The molecule has 0 spiro atoms. The fraction of sp³-hybridized carbons (Fsp3) is 0.250. The predicted molar refractivity (Wildman–Crippen MR) is 146 cm³/mol. The lowest BCUT2D eigenvalue weighted by atomic mass is 10.0. The van der Waals surface area contributed by atoms with E-state index in [2.05, 4.69) is 56.8 Å². The molecule has 0 radical (unpaired) electrons. The van der Waals surface area contributed by atoms with E-state index >= 15 is 0 Å². The molecule has 0 atom stereocenters. The van der Waals surface area contributed by atoms with Gasteiger partial charge in [0.2, 0.25) is 5.78 Å². The van der Waals surface area contributed by atoms with Crippen molar-refractivity contribution >= 4 is 54.7 Å². The molecule has 4 rings (SSSR count). The van der Waals surface area contributed by atoms with Gasteiger partial charge in [0.25, 0.3) is 5.69 Å². The number of rotatable bonds is 6. The number of nitrogens with zero attached hydrogens (tertiary/aromatic N) is 6. The fourth-order valence-electron chi connectivity index (χ4n) is 3.05. The summed E-state index contributed by atoms with van der Waals surface area (Å²) in [5.41, 5.74) is 5.47. The molecule has 0 N–H and O–H groups in total. The number of hydrogen-bond acceptors (Lipinski definition) is 9. The number of aryl methyl sites for hydroxylation is 4. The Morgan fingerprint density at radius 1 is 0.972 bits per heavy atom. The highest BCUT2D eigenvalue weighted by Crippen LogP contribution is 2.26. The first-order chi connectivity index (χ1) is 17.0. The van der Waals surface area contributed by atoms with E-state index in [1.54, 1.807) is 49.1 Å². The molecule has 0 fully saturated rings. The molecule has 0 amide bonds. The maximum Gasteiger partial charge on any atom is 0.272 e. The molecule has 3 aromatic heterocycles. The van der Waals surface area contributed by atoms with Crippen LogP contribution in [0.25, 0.3) is 11.5 Å². The second kappa shape index (κ2) is 12.3. The molecule has 186 valence electrons. The molecular weight excluding hydrogens is 612 g/mol. The maximum atomic E-state index is 11.2. The van der Waals surface area contributed by atoms with Gasteiger partial charge >= 0.3 is 0 Å². The topological polar surface area (TPSA) is 125 Å². The minimum atomic E-state index is -0.410. The van der Waals surface area contributed by atoms with Gasteiger partial charge in [-0.15, -0.1) is 11.3 Å². The van der Waals surface area contributed by atoms with Crippen LogP contribution in [0.5, 0.6) is 0 Å². The number of ketones is 1. The van der Waals surface area contributed by atoms with Crippen LogP contribution < -0.4 is 0 Å². The highest BCUT2D eigenvalue weighted by Gasteiger charge is 2.16. The normalized spacial score (nSPS) is 10.6. The average Bonchev–Trinajstić information content (AvgIpc) is 3.30. The van der Waals surface area contributed by atoms with Gasteiger partial charge in [-0.1, -0.05) is 31.9 Å². The molecule has 4 aromatic rings. The van der Waals surface area contributed by atoms with Gasteiger partial charge < -0.3 is 0 Å². The van der Waals surface area contributed by atoms with E-state index in [1.165, 1.54) is 0 Å². The largest absolute Gasteiger partial charge is 0.288 e. The number of hydrogen-bond donors (Lipinski definition) is 0. The minimum absolute atomic E-state index is 0.157. The zero-order valence-corrected chi connectivity index (χ0v) is 23.9. The quantitative estimate of drug-likeness (QED) is 0.108. The Balaban J connectivity index is 0.000000253. The lowest BCUT2D eigenvalue weighted by Crippen LogP contribution is -2.11. The predicted octanol–water partition coefficient (Wildman–Crippen LogP) is 6.11. The summed E-state index contributed by atoms with van der Waals surface area (Å²) in [4.78, 5) is 42.8. The third-order valence-electron chi connectivity index (χ3n) is 4.95. The van der Waals surface area contributed by atoms with E-state index in [1.807, 2.05) is 32.2 Å². The summed E-state index contributed by atoms with van der Waals surface area (Å²) in [7, 11) is 0. The van der Waals surface area contributed by atoms with Crippen molar-refractivity contribution in [1.82, 2.24) is 24.9 Å². The number of nitro benzene ring substituents is 1. The van der Waals surface area contributed by atoms with E-state index in [4.69, 9.17) is 0 Å². The van der Waals surface area contributed by atoms with Crippen LogP contribution in [0.4, 0.5) is 5.69 Å². The number of carbonyl (C=O) groups excluding carboxylic acids is 1. The fourth-order valence-corrected chi connectivity index (χ4v) is 4.25. The Bertz CT molecular complexity index is 1380. The molecule has 0 bridgehead atoms. The molecule has 1 aromatic carbocycles. The van der Waals surface area contributed by atoms with Crippen molar-refractivity contribution in [2.75, 3.05) is 0 Å². The Kier molecular flexibility index (Phi) is 9.46. The molecule has 0 unspecified atom stereocenters. The molecule has 36 heavy (non-hydrogen) atoms. The first kappa shape index (κ1) is 27.6. The Morgan fingerprint density at radius 3 is 2.11 bits per heavy atom. The highest BCUT2D eigenvalue weighted by molar-refractivity contribution is 9.25. The van der Waals surface area contributed by atoms with Crippen molar-refractivity contribution in [1.29, 1.82) is 0 Å². The standard InChI is InChI=1S/C17H16N4O2S.C7H6Br2N2O/c1-10-7-18-17(19-8-10)14-9-24-16(20-14)6-13-4-12(3)15(21(22)23)5-11(13)2;1-4-2-10-7(11-3-4)5(12)6(8)9/h4-5,7-9H,6H2,1-3H3;2-3,6H,1H3. The van der Waals surface area contributed by atoms with Gasteiger partial charge in [0.1, 0.15) is 9.43 Å². The van der Waals surface area contributed by atoms with Crippen LogP contribution in [0, 0.1) is 37.8 Å². The summed E-state index contributed by atoms with van der Waals surface area (Å²) in [5, 5.41) is 13.9. The van der Waals surface area contributed by atoms with Crippen molar-refractivity contribution in [2.24, 2.45) is 0 Å². The number of Topliss-reactive ketones (excluding diaryl/α,β-unsaturated/α-hetero) is 1. The molecule has 0 aliphatic heterocycles. The molecule has 0 saturated carbocycles. The summed E-state index contributed by atoms with van der Waals surface area (Å²) in [6.07, 6.45) is 7.41. The summed E-state index contributed by atoms with van der Waals surface area (Å²) >= 11 is 7.71. The highest BCUT2D eigenvalue weighted by atomic mass is 79.9. The molecule has 9 nitrogen and oxygen atoms in total. The minimum Gasteiger partial charge on any atom is -0.288 e. The summed E-state index contributed by atoms with van der Waals surface area (Å²) in [6.45, 7) is 7.46. The number of aromatic nitrogens is 5. The smallest absolute Gasteiger partial charge is 0.272 e. The second-order valence-corrected chi connectivity index (χ2v) is 12.0. The monoisotopic (exact) mass is 632 g/mol. The van der Waals surface area contributed by atoms with Crippen LogP contribution in [0.15, 0.2) is 42.3 Å². The Morgan fingerprint density at radius 2 is 1.56 bits per heavy atom. The van der Waals surface area contributed by atoms with E-state index in [9.17, 15) is 14.9 Å². The van der Waals surface area contributed by atoms with Gasteiger partial charge in [-0.2, -0.15) is 0 Å². The van der Waals surface area contributed by atoms with Gasteiger partial charge in [-0.3, -0.25) is 14.9 Å². The number of benzene rings is 1. The molecular formula is C24H22Br2N6O3S. The van der Waals surface area contributed by atoms with Crippen LogP contribution in [0.3, 0.4) is 0 Å². The number of alkyl halides is 2. The number of halogens is 2. The number of thiazole rings is 1. The lowest BCUT2D eigenvalue weighted by Gasteiger charge is -2.06. The van der Waals surface area contributed by atoms with Crippen LogP contribution in [-0.4, -0.2) is 39.4 Å². The molecule has 0 aliphatic carbocycles. The third kappa shape index (κ3) is 7.28.